The highest BCUT2D eigenvalue weighted by Crippen LogP contribution is 2.13. The van der Waals surface area contributed by atoms with Crippen molar-refractivity contribution < 1.29 is 24.2 Å². The SMILES string of the molecule is Cc1ccc(NC(=O)NC(CO)C(=O)O)cc1F. The second-order valence-corrected chi connectivity index (χ2v) is 3.64. The van der Waals surface area contributed by atoms with Gasteiger partial charge in [-0.2, -0.15) is 0 Å². The lowest BCUT2D eigenvalue weighted by atomic mass is 10.2. The van der Waals surface area contributed by atoms with Crippen LogP contribution in [0.1, 0.15) is 5.56 Å². The summed E-state index contributed by atoms with van der Waals surface area (Å²) in [5.41, 5.74) is 0.623. The predicted octanol–water partition coefficient (Wildman–Crippen LogP) is 0.701. The summed E-state index contributed by atoms with van der Waals surface area (Å²) in [5.74, 6) is -1.84. The number of hydrogen-bond donors (Lipinski definition) is 4. The minimum Gasteiger partial charge on any atom is -0.480 e. The van der Waals surface area contributed by atoms with E-state index in [-0.39, 0.29) is 5.69 Å². The van der Waals surface area contributed by atoms with E-state index in [0.717, 1.165) is 6.07 Å². The number of amides is 2. The summed E-state index contributed by atoms with van der Waals surface area (Å²) in [5, 5.41) is 21.6. The summed E-state index contributed by atoms with van der Waals surface area (Å²) in [4.78, 5) is 21.9. The van der Waals surface area contributed by atoms with Gasteiger partial charge in [0.2, 0.25) is 0 Å². The van der Waals surface area contributed by atoms with Crippen LogP contribution >= 0.6 is 0 Å². The van der Waals surface area contributed by atoms with E-state index in [2.05, 4.69) is 5.32 Å². The zero-order valence-electron chi connectivity index (χ0n) is 9.61. The van der Waals surface area contributed by atoms with Crippen molar-refractivity contribution >= 4 is 17.7 Å². The smallest absolute Gasteiger partial charge is 0.328 e. The molecule has 2 amide bonds. The van der Waals surface area contributed by atoms with Crippen molar-refractivity contribution in [3.05, 3.63) is 29.6 Å². The number of carboxylic acids is 1. The number of aliphatic hydroxyl groups excluding tert-OH is 1. The molecule has 1 aromatic rings. The number of aliphatic hydroxyl groups is 1. The molecule has 0 bridgehead atoms. The number of hydrogen-bond acceptors (Lipinski definition) is 3. The number of rotatable bonds is 4. The van der Waals surface area contributed by atoms with Gasteiger partial charge in [-0.3, -0.25) is 0 Å². The maximum atomic E-state index is 13.2. The third kappa shape index (κ3) is 3.70. The van der Waals surface area contributed by atoms with Crippen molar-refractivity contribution in [3.8, 4) is 0 Å². The first-order valence-corrected chi connectivity index (χ1v) is 5.11. The first-order chi connectivity index (χ1) is 8.43. The molecule has 18 heavy (non-hydrogen) atoms. The van der Waals surface area contributed by atoms with E-state index in [1.807, 2.05) is 5.32 Å². The standard InChI is InChI=1S/C11H13FN2O4/c1-6-2-3-7(4-8(6)12)13-11(18)14-9(5-15)10(16)17/h2-4,9,15H,5H2,1H3,(H,16,17)(H2,13,14,18). The number of aryl methyl sites for hydroxylation is 1. The number of carboxylic acid groups (broad SMARTS) is 1. The van der Waals surface area contributed by atoms with E-state index in [0.29, 0.717) is 5.56 Å². The number of benzene rings is 1. The molecule has 98 valence electrons. The Hall–Kier alpha value is -2.15. The fourth-order valence-corrected chi connectivity index (χ4v) is 1.18. The van der Waals surface area contributed by atoms with E-state index in [1.165, 1.54) is 12.1 Å². The van der Waals surface area contributed by atoms with Crippen molar-refractivity contribution in [2.75, 3.05) is 11.9 Å². The Bertz CT molecular complexity index is 464. The topological polar surface area (TPSA) is 98.7 Å². The molecule has 0 aromatic heterocycles. The number of nitrogens with one attached hydrogen (secondary N) is 2. The molecule has 0 aliphatic rings. The first-order valence-electron chi connectivity index (χ1n) is 5.11. The van der Waals surface area contributed by atoms with Crippen LogP contribution < -0.4 is 10.6 Å². The van der Waals surface area contributed by atoms with Gasteiger partial charge in [-0.25, -0.2) is 14.0 Å². The zero-order chi connectivity index (χ0) is 13.7. The molecule has 1 rings (SSSR count). The van der Waals surface area contributed by atoms with Gasteiger partial charge in [-0.1, -0.05) is 6.07 Å². The third-order valence-corrected chi connectivity index (χ3v) is 2.22. The first kappa shape index (κ1) is 13.9. The van der Waals surface area contributed by atoms with Crippen molar-refractivity contribution in [1.82, 2.24) is 5.32 Å². The van der Waals surface area contributed by atoms with Crippen LogP contribution in [-0.2, 0) is 4.79 Å². The summed E-state index contributed by atoms with van der Waals surface area (Å²) >= 11 is 0. The average molecular weight is 256 g/mol. The molecular formula is C11H13FN2O4. The molecular weight excluding hydrogens is 243 g/mol. The number of carbonyl (C=O) groups excluding carboxylic acids is 1. The maximum Gasteiger partial charge on any atom is 0.328 e. The monoisotopic (exact) mass is 256 g/mol. The Morgan fingerprint density at radius 1 is 1.44 bits per heavy atom. The molecule has 0 heterocycles. The van der Waals surface area contributed by atoms with Crippen LogP contribution in [0.15, 0.2) is 18.2 Å². The lowest BCUT2D eigenvalue weighted by Crippen LogP contribution is -2.45. The Kier molecular flexibility index (Phi) is 4.61. The van der Waals surface area contributed by atoms with Gasteiger partial charge in [-0.05, 0) is 24.6 Å². The van der Waals surface area contributed by atoms with Gasteiger partial charge in [0.15, 0.2) is 6.04 Å². The molecule has 0 spiro atoms. The molecule has 0 radical (unpaired) electrons. The number of urea groups is 1. The average Bonchev–Trinajstić information content (AvgIpc) is 2.30. The van der Waals surface area contributed by atoms with Gasteiger partial charge in [-0.15, -0.1) is 0 Å². The highest BCUT2D eigenvalue weighted by atomic mass is 19.1. The molecule has 0 saturated heterocycles. The van der Waals surface area contributed by atoms with E-state index >= 15 is 0 Å². The lowest BCUT2D eigenvalue weighted by Gasteiger charge is -2.12. The van der Waals surface area contributed by atoms with E-state index in [9.17, 15) is 14.0 Å². The molecule has 1 atom stereocenters. The zero-order valence-corrected chi connectivity index (χ0v) is 9.61. The number of anilines is 1. The molecule has 0 aliphatic heterocycles. The fraction of sp³-hybridized carbons (Fsp3) is 0.273. The van der Waals surface area contributed by atoms with Gasteiger partial charge in [0.25, 0.3) is 0 Å². The normalized spacial score (nSPS) is 11.7. The molecule has 0 saturated carbocycles. The lowest BCUT2D eigenvalue weighted by molar-refractivity contribution is -0.140. The van der Waals surface area contributed by atoms with Gasteiger partial charge in [0, 0.05) is 5.69 Å². The van der Waals surface area contributed by atoms with Crippen LogP contribution in [0.5, 0.6) is 0 Å². The molecule has 4 N–H and O–H groups in total. The quantitative estimate of drug-likeness (QED) is 0.637. The van der Waals surface area contributed by atoms with Crippen molar-refractivity contribution in [3.63, 3.8) is 0 Å². The summed E-state index contributed by atoms with van der Waals surface area (Å²) in [6.45, 7) is 0.844. The van der Waals surface area contributed by atoms with Crippen LogP contribution in [-0.4, -0.2) is 34.9 Å². The minimum atomic E-state index is -1.40. The van der Waals surface area contributed by atoms with Crippen molar-refractivity contribution in [1.29, 1.82) is 0 Å². The molecule has 1 aromatic carbocycles. The number of carbonyl (C=O) groups is 2. The van der Waals surface area contributed by atoms with Gasteiger partial charge in [0.1, 0.15) is 5.82 Å². The summed E-state index contributed by atoms with van der Waals surface area (Å²) < 4.78 is 13.2. The van der Waals surface area contributed by atoms with E-state index < -0.39 is 30.5 Å². The second-order valence-electron chi connectivity index (χ2n) is 3.64. The summed E-state index contributed by atoms with van der Waals surface area (Å²) in [6.07, 6.45) is 0. The molecule has 7 heteroatoms. The molecule has 0 fully saturated rings. The summed E-state index contributed by atoms with van der Waals surface area (Å²) in [6, 6.07) is 1.84. The van der Waals surface area contributed by atoms with Gasteiger partial charge in [0.05, 0.1) is 6.61 Å². The van der Waals surface area contributed by atoms with E-state index in [1.54, 1.807) is 6.92 Å². The van der Waals surface area contributed by atoms with Crippen LogP contribution in [0.2, 0.25) is 0 Å². The maximum absolute atomic E-state index is 13.2. The van der Waals surface area contributed by atoms with Crippen LogP contribution in [0, 0.1) is 12.7 Å². The third-order valence-electron chi connectivity index (χ3n) is 2.22. The Labute approximate surface area is 102 Å². The van der Waals surface area contributed by atoms with E-state index in [4.69, 9.17) is 10.2 Å². The predicted molar refractivity (Wildman–Crippen MR) is 61.8 cm³/mol. The molecule has 1 unspecified atom stereocenters. The highest BCUT2D eigenvalue weighted by Gasteiger charge is 2.18. The number of halogens is 1. The number of aliphatic carboxylic acids is 1. The van der Waals surface area contributed by atoms with Crippen LogP contribution in [0.25, 0.3) is 0 Å². The van der Waals surface area contributed by atoms with Crippen LogP contribution in [0.3, 0.4) is 0 Å². The van der Waals surface area contributed by atoms with Crippen molar-refractivity contribution in [2.45, 2.75) is 13.0 Å². The molecule has 0 aliphatic carbocycles. The Morgan fingerprint density at radius 2 is 2.11 bits per heavy atom. The Morgan fingerprint density at radius 3 is 2.61 bits per heavy atom. The minimum absolute atomic E-state index is 0.192. The fourth-order valence-electron chi connectivity index (χ4n) is 1.18. The van der Waals surface area contributed by atoms with Crippen LogP contribution in [0.4, 0.5) is 14.9 Å². The summed E-state index contributed by atoms with van der Waals surface area (Å²) in [7, 11) is 0. The van der Waals surface area contributed by atoms with Crippen molar-refractivity contribution in [2.24, 2.45) is 0 Å². The van der Waals surface area contributed by atoms with Gasteiger partial charge >= 0.3 is 12.0 Å². The largest absolute Gasteiger partial charge is 0.480 e. The van der Waals surface area contributed by atoms with Gasteiger partial charge < -0.3 is 20.8 Å². The highest BCUT2D eigenvalue weighted by molar-refractivity contribution is 5.92. The molecule has 6 nitrogen and oxygen atoms in total. The second kappa shape index (κ2) is 5.97. The Balaban J connectivity index is 2.64.